The summed E-state index contributed by atoms with van der Waals surface area (Å²) in [4.78, 5) is 12.3. The molecule has 0 bridgehead atoms. The molecule has 0 spiro atoms. The maximum absolute atomic E-state index is 12.3. The highest BCUT2D eigenvalue weighted by Crippen LogP contribution is 2.20. The number of benzene rings is 3. The van der Waals surface area contributed by atoms with Crippen LogP contribution in [0.2, 0.25) is 0 Å². The molecule has 1 amide bonds. The van der Waals surface area contributed by atoms with Crippen molar-refractivity contribution < 1.29 is 9.53 Å². The van der Waals surface area contributed by atoms with Crippen molar-refractivity contribution in [3.05, 3.63) is 72.3 Å². The van der Waals surface area contributed by atoms with E-state index in [0.717, 1.165) is 22.9 Å². The third-order valence-corrected chi connectivity index (χ3v) is 4.03. The van der Waals surface area contributed by atoms with E-state index in [1.807, 2.05) is 66.7 Å². The topological polar surface area (TPSA) is 38.3 Å². The first-order valence-electron chi connectivity index (χ1n) is 8.21. The van der Waals surface area contributed by atoms with Crippen LogP contribution in [-0.2, 0) is 11.2 Å². The lowest BCUT2D eigenvalue weighted by atomic mass is 10.1. The van der Waals surface area contributed by atoms with E-state index in [1.165, 1.54) is 5.56 Å². The molecule has 0 aromatic heterocycles. The van der Waals surface area contributed by atoms with Gasteiger partial charge in [0.2, 0.25) is 0 Å². The lowest BCUT2D eigenvalue weighted by molar-refractivity contribution is -0.122. The molecule has 3 aromatic rings. The van der Waals surface area contributed by atoms with Gasteiger partial charge >= 0.3 is 0 Å². The van der Waals surface area contributed by atoms with Crippen molar-refractivity contribution >= 4 is 22.4 Å². The fraction of sp³-hybridized carbons (Fsp3) is 0.190. The lowest BCUT2D eigenvalue weighted by Gasteiger charge is -2.15. The van der Waals surface area contributed by atoms with Gasteiger partial charge in [0.25, 0.3) is 5.91 Å². The number of anilines is 1. The van der Waals surface area contributed by atoms with Crippen LogP contribution in [-0.4, -0.2) is 12.0 Å². The molecule has 1 N–H and O–H groups in total. The van der Waals surface area contributed by atoms with Gasteiger partial charge in [0.15, 0.2) is 6.10 Å². The Labute approximate surface area is 142 Å². The number of nitrogens with one attached hydrogen (secondary N) is 1. The molecule has 0 aliphatic heterocycles. The molecule has 1 atom stereocenters. The van der Waals surface area contributed by atoms with Crippen LogP contribution in [0.1, 0.15) is 19.4 Å². The zero-order chi connectivity index (χ0) is 16.9. The van der Waals surface area contributed by atoms with E-state index in [2.05, 4.69) is 12.2 Å². The number of ether oxygens (including phenoxy) is 1. The molecule has 0 unspecified atom stereocenters. The fourth-order valence-electron chi connectivity index (χ4n) is 2.57. The summed E-state index contributed by atoms with van der Waals surface area (Å²) in [6, 6.07) is 21.8. The number of rotatable bonds is 5. The van der Waals surface area contributed by atoms with Crippen LogP contribution in [0.25, 0.3) is 10.8 Å². The summed E-state index contributed by atoms with van der Waals surface area (Å²) in [5.41, 5.74) is 2.02. The molecule has 3 nitrogen and oxygen atoms in total. The van der Waals surface area contributed by atoms with Crippen LogP contribution in [0.5, 0.6) is 5.75 Å². The number of carbonyl (C=O) groups is 1. The number of fused-ring (bicyclic) bond motifs is 1. The second kappa shape index (κ2) is 7.18. The Balaban J connectivity index is 1.66. The van der Waals surface area contributed by atoms with Crippen molar-refractivity contribution in [1.29, 1.82) is 0 Å². The van der Waals surface area contributed by atoms with Crippen molar-refractivity contribution in [2.75, 3.05) is 5.32 Å². The zero-order valence-electron chi connectivity index (χ0n) is 14.0. The number of hydrogen-bond donors (Lipinski definition) is 1. The van der Waals surface area contributed by atoms with Crippen molar-refractivity contribution in [2.45, 2.75) is 26.4 Å². The summed E-state index contributed by atoms with van der Waals surface area (Å²) in [6.45, 7) is 3.86. The van der Waals surface area contributed by atoms with Gasteiger partial charge in [-0.3, -0.25) is 4.79 Å². The predicted octanol–water partition coefficient (Wildman–Crippen LogP) is 4.81. The largest absolute Gasteiger partial charge is 0.481 e. The van der Waals surface area contributed by atoms with Crippen LogP contribution in [0.4, 0.5) is 5.69 Å². The molecule has 0 heterocycles. The molecular weight excluding hydrogens is 298 g/mol. The smallest absolute Gasteiger partial charge is 0.265 e. The Morgan fingerprint density at radius 1 is 1.00 bits per heavy atom. The van der Waals surface area contributed by atoms with E-state index < -0.39 is 6.10 Å². The van der Waals surface area contributed by atoms with Crippen LogP contribution >= 0.6 is 0 Å². The van der Waals surface area contributed by atoms with Crippen LogP contribution in [0.15, 0.2) is 66.7 Å². The summed E-state index contributed by atoms with van der Waals surface area (Å²) in [7, 11) is 0. The minimum absolute atomic E-state index is 0.162. The Bertz CT molecular complexity index is 840. The van der Waals surface area contributed by atoms with E-state index in [9.17, 15) is 4.79 Å². The molecule has 122 valence electrons. The lowest BCUT2D eigenvalue weighted by Crippen LogP contribution is -2.30. The minimum atomic E-state index is -0.566. The van der Waals surface area contributed by atoms with Gasteiger partial charge in [-0.2, -0.15) is 0 Å². The van der Waals surface area contributed by atoms with Gasteiger partial charge in [0, 0.05) is 5.69 Å². The normalized spacial score (nSPS) is 11.9. The average Bonchev–Trinajstić information content (AvgIpc) is 2.62. The second-order valence-electron chi connectivity index (χ2n) is 5.81. The van der Waals surface area contributed by atoms with Gasteiger partial charge < -0.3 is 10.1 Å². The summed E-state index contributed by atoms with van der Waals surface area (Å²) in [6.07, 6.45) is 0.419. The molecule has 0 saturated carbocycles. The molecule has 0 fully saturated rings. The number of hydrogen-bond acceptors (Lipinski definition) is 2. The first kappa shape index (κ1) is 16.1. The number of aryl methyl sites for hydroxylation is 1. The van der Waals surface area contributed by atoms with Gasteiger partial charge in [-0.15, -0.1) is 0 Å². The Kier molecular flexibility index (Phi) is 4.80. The van der Waals surface area contributed by atoms with Crippen molar-refractivity contribution in [3.8, 4) is 5.75 Å². The third kappa shape index (κ3) is 3.74. The molecular formula is C21H21NO2. The van der Waals surface area contributed by atoms with Crippen LogP contribution in [0.3, 0.4) is 0 Å². The standard InChI is InChI=1S/C21H21NO2/c1-3-16-8-12-20(13-9-16)24-15(2)21(23)22-19-11-10-17-6-4-5-7-18(17)14-19/h4-15H,3H2,1-2H3,(H,22,23)/t15-/m0/s1. The molecule has 3 aromatic carbocycles. The van der Waals surface area contributed by atoms with Crippen molar-refractivity contribution in [1.82, 2.24) is 0 Å². The summed E-state index contributed by atoms with van der Waals surface area (Å²) in [5.74, 6) is 0.540. The molecule has 0 aliphatic rings. The first-order chi connectivity index (χ1) is 11.7. The Morgan fingerprint density at radius 2 is 1.71 bits per heavy atom. The quantitative estimate of drug-likeness (QED) is 0.733. The maximum atomic E-state index is 12.3. The molecule has 3 rings (SSSR count). The zero-order valence-corrected chi connectivity index (χ0v) is 14.0. The fourth-order valence-corrected chi connectivity index (χ4v) is 2.57. The monoisotopic (exact) mass is 319 g/mol. The Hall–Kier alpha value is -2.81. The van der Waals surface area contributed by atoms with E-state index in [4.69, 9.17) is 4.74 Å². The van der Waals surface area contributed by atoms with E-state index >= 15 is 0 Å². The summed E-state index contributed by atoms with van der Waals surface area (Å²) in [5, 5.41) is 5.16. The predicted molar refractivity (Wildman–Crippen MR) is 98.5 cm³/mol. The van der Waals surface area contributed by atoms with Crippen LogP contribution < -0.4 is 10.1 Å². The van der Waals surface area contributed by atoms with Crippen molar-refractivity contribution in [3.63, 3.8) is 0 Å². The first-order valence-corrected chi connectivity index (χ1v) is 8.21. The summed E-state index contributed by atoms with van der Waals surface area (Å²) < 4.78 is 5.72. The minimum Gasteiger partial charge on any atom is -0.481 e. The van der Waals surface area contributed by atoms with Gasteiger partial charge in [-0.25, -0.2) is 0 Å². The van der Waals surface area contributed by atoms with E-state index in [1.54, 1.807) is 6.92 Å². The van der Waals surface area contributed by atoms with Gasteiger partial charge in [-0.1, -0.05) is 49.4 Å². The number of carbonyl (C=O) groups excluding carboxylic acids is 1. The maximum Gasteiger partial charge on any atom is 0.265 e. The molecule has 0 radical (unpaired) electrons. The SMILES string of the molecule is CCc1ccc(O[C@@H](C)C(=O)Nc2ccc3ccccc3c2)cc1. The molecule has 24 heavy (non-hydrogen) atoms. The molecule has 3 heteroatoms. The highest BCUT2D eigenvalue weighted by Gasteiger charge is 2.15. The number of amides is 1. The molecule has 0 saturated heterocycles. The van der Waals surface area contributed by atoms with E-state index in [-0.39, 0.29) is 5.91 Å². The molecule has 0 aliphatic carbocycles. The summed E-state index contributed by atoms with van der Waals surface area (Å²) >= 11 is 0. The Morgan fingerprint density at radius 3 is 2.42 bits per heavy atom. The van der Waals surface area contributed by atoms with Gasteiger partial charge in [0.05, 0.1) is 0 Å². The third-order valence-electron chi connectivity index (χ3n) is 4.03. The van der Waals surface area contributed by atoms with E-state index in [0.29, 0.717) is 5.75 Å². The van der Waals surface area contributed by atoms with Gasteiger partial charge in [-0.05, 0) is 53.9 Å². The highest BCUT2D eigenvalue weighted by atomic mass is 16.5. The second-order valence-corrected chi connectivity index (χ2v) is 5.81. The highest BCUT2D eigenvalue weighted by molar-refractivity contribution is 5.96. The van der Waals surface area contributed by atoms with Crippen molar-refractivity contribution in [2.24, 2.45) is 0 Å². The average molecular weight is 319 g/mol. The van der Waals surface area contributed by atoms with Gasteiger partial charge in [0.1, 0.15) is 5.75 Å². The van der Waals surface area contributed by atoms with Crippen LogP contribution in [0, 0.1) is 0 Å².